The number of urea groups is 6. The highest BCUT2D eigenvalue weighted by molar-refractivity contribution is 6.22. The highest BCUT2D eigenvalue weighted by atomic mass is 16.2. The van der Waals surface area contributed by atoms with Gasteiger partial charge in [-0.2, -0.15) is 0 Å². The summed E-state index contributed by atoms with van der Waals surface area (Å²) >= 11 is 0. The third-order valence-electron chi connectivity index (χ3n) is 14.6. The first kappa shape index (κ1) is 74.6. The van der Waals surface area contributed by atoms with Crippen LogP contribution in [0, 0.1) is 44.8 Å². The van der Waals surface area contributed by atoms with Gasteiger partial charge in [0.25, 0.3) is 0 Å². The second-order valence-corrected chi connectivity index (χ2v) is 21.3. The number of hydrogen-bond acceptors (Lipinski definition) is 18. The minimum absolute atomic E-state index is 0.140. The van der Waals surface area contributed by atoms with Gasteiger partial charge in [-0.3, -0.25) is 121 Å². The van der Waals surface area contributed by atoms with Crippen molar-refractivity contribution in [3.8, 4) is 0 Å². The number of carbonyl (C=O) groups excluding carboxylic acids is 18. The minimum atomic E-state index is -1.28. The van der Waals surface area contributed by atoms with Crippen LogP contribution in [0.2, 0.25) is 0 Å². The van der Waals surface area contributed by atoms with E-state index in [2.05, 4.69) is 79.5 Å². The molecule has 0 aromatic heterocycles. The van der Waals surface area contributed by atoms with Gasteiger partial charge >= 0.3 is 36.2 Å². The van der Waals surface area contributed by atoms with E-state index in [0.717, 1.165) is 19.3 Å². The average Bonchev–Trinajstić information content (AvgIpc) is 1.62. The first-order valence-electron chi connectivity index (χ1n) is 27.6. The summed E-state index contributed by atoms with van der Waals surface area (Å²) in [7, 11) is 0. The number of nitrogens with one attached hydrogen (secondary N) is 12. The molecule has 6 saturated heterocycles. The van der Waals surface area contributed by atoms with E-state index < -0.39 is 134 Å². The van der Waals surface area contributed by atoms with Gasteiger partial charge in [0.1, 0.15) is 33.5 Å². The van der Waals surface area contributed by atoms with E-state index >= 15 is 0 Å². The molecule has 0 spiro atoms. The molecule has 472 valence electrons. The summed E-state index contributed by atoms with van der Waals surface area (Å²) in [6.07, 6.45) is 11.0. The topological polar surface area (TPSA) is 452 Å². The highest BCUT2D eigenvalue weighted by Gasteiger charge is 2.54. The standard InChI is InChI=1S/C12H18N2O3.C11H18N2O3.C11H16N2O3.C10H12N2O3.C8H12N2O3.C4H4N2O3/c1-4-6-8(3)12(7-5-2)9(15)13-11(17)14-10(12)16;1-4-11(6-5-7(2)3)8(14)12-10(16)13-9(11)15;1-4-5-11(6-7(2)3)8(14)12-10(16)13-9(11)15;1-3-5-10(6-4-2)7(13)11-9(15)12-8(10)14;1-3-8(4-2)5(11)9-7(13)10-6(8)12;7-2-1-3(8)6-4(9)5-2/h5,8H,2,4,6-7H2,1,3H3,(H2,13,14,15,16,17);7H,4-6H2,1-3H3,(H2,12,13,14,15,16);4,7H,1,5-6H2,2-3H3,(H2,12,13,14,15,16);3-4H,1-2,5-6H2,(H2,11,12,13,14,15);3-4H2,1-2H3,(H2,9,10,11,12,13);1H2,(H2,5,6,7,8,9). The highest BCUT2D eigenvalue weighted by Crippen LogP contribution is 2.38. The second kappa shape index (κ2) is 33.2. The van der Waals surface area contributed by atoms with E-state index in [1.165, 1.54) is 18.2 Å². The van der Waals surface area contributed by atoms with E-state index in [1.807, 2.05) is 52.2 Å². The fourth-order valence-corrected chi connectivity index (χ4v) is 9.64. The molecule has 6 rings (SSSR count). The lowest BCUT2D eigenvalue weighted by atomic mass is 9.69. The van der Waals surface area contributed by atoms with Gasteiger partial charge in [-0.25, -0.2) is 28.8 Å². The van der Waals surface area contributed by atoms with Gasteiger partial charge in [0.05, 0.1) is 0 Å². The Morgan fingerprint density at radius 3 is 0.907 bits per heavy atom. The monoisotopic (exact) mass is 1210 g/mol. The van der Waals surface area contributed by atoms with Crippen molar-refractivity contribution in [3.05, 3.63) is 50.6 Å². The van der Waals surface area contributed by atoms with E-state index in [4.69, 9.17) is 0 Å². The maximum Gasteiger partial charge on any atom is 0.328 e. The first-order valence-corrected chi connectivity index (χ1v) is 27.6. The summed E-state index contributed by atoms with van der Waals surface area (Å²) in [4.78, 5) is 203. The zero-order valence-electron chi connectivity index (χ0n) is 49.9. The van der Waals surface area contributed by atoms with Crippen molar-refractivity contribution in [1.29, 1.82) is 0 Å². The molecule has 12 N–H and O–H groups in total. The van der Waals surface area contributed by atoms with Crippen molar-refractivity contribution in [2.45, 2.75) is 146 Å². The number of hydrogen-bond donors (Lipinski definition) is 12. The molecule has 1 unspecified atom stereocenters. The Kier molecular flexibility index (Phi) is 28.8. The zero-order valence-corrected chi connectivity index (χ0v) is 49.9. The largest absolute Gasteiger partial charge is 0.328 e. The molecule has 24 amide bonds. The Labute approximate surface area is 497 Å². The second-order valence-electron chi connectivity index (χ2n) is 21.3. The molecule has 30 heteroatoms. The molecule has 86 heavy (non-hydrogen) atoms. The van der Waals surface area contributed by atoms with Crippen LogP contribution in [0.5, 0.6) is 0 Å². The van der Waals surface area contributed by atoms with Gasteiger partial charge in [0.2, 0.25) is 70.9 Å². The number of amides is 24. The quantitative estimate of drug-likeness (QED) is 0.0653. The molecule has 30 nitrogen and oxygen atoms in total. The Bertz CT molecular complexity index is 2620. The van der Waals surface area contributed by atoms with Crippen LogP contribution in [0.25, 0.3) is 0 Å². The molecule has 0 radical (unpaired) electrons. The predicted molar refractivity (Wildman–Crippen MR) is 305 cm³/mol. The molecule has 0 aromatic carbocycles. The maximum absolute atomic E-state index is 12.0. The summed E-state index contributed by atoms with van der Waals surface area (Å²) in [6, 6.07) is -4.47. The molecule has 0 aromatic rings. The fraction of sp³-hybridized carbons (Fsp3) is 0.536. The lowest BCUT2D eigenvalue weighted by Gasteiger charge is -2.37. The van der Waals surface area contributed by atoms with Gasteiger partial charge in [0, 0.05) is 0 Å². The third kappa shape index (κ3) is 18.6. The van der Waals surface area contributed by atoms with E-state index in [0.29, 0.717) is 38.0 Å². The Hall–Kier alpha value is -9.38. The normalized spacial score (nSPS) is 19.8. The van der Waals surface area contributed by atoms with Crippen molar-refractivity contribution < 1.29 is 86.3 Å². The van der Waals surface area contributed by atoms with Crippen LogP contribution in [0.15, 0.2) is 50.6 Å². The molecule has 6 aliphatic rings. The minimum Gasteiger partial charge on any atom is -0.277 e. The van der Waals surface area contributed by atoms with Crippen LogP contribution < -0.4 is 63.8 Å². The SMILES string of the molecule is C=CCC1(C(C)CCC)C(=O)NC(=O)NC1=O.C=CCC1(CC(C)C)C(=O)NC(=O)NC1=O.C=CCC1(CC=C)C(=O)NC(=O)NC1=O.CCC1(CC)C(=O)NC(=O)NC1=O.CCC1(CCC(C)C)C(=O)NC(=O)NC1=O.O=C1CC(=O)NC(=O)N1. The molecule has 0 aliphatic carbocycles. The van der Waals surface area contributed by atoms with Crippen LogP contribution in [0.4, 0.5) is 28.8 Å². The predicted octanol–water partition coefficient (Wildman–Crippen LogP) is 2.89. The van der Waals surface area contributed by atoms with Crippen LogP contribution in [-0.4, -0.2) is 107 Å². The molecule has 6 heterocycles. The number of rotatable bonds is 19. The van der Waals surface area contributed by atoms with Crippen LogP contribution >= 0.6 is 0 Å². The molecule has 6 fully saturated rings. The summed E-state index contributed by atoms with van der Waals surface area (Å²) < 4.78 is 0. The van der Waals surface area contributed by atoms with Gasteiger partial charge in [0.15, 0.2) is 0 Å². The van der Waals surface area contributed by atoms with Gasteiger partial charge in [-0.15, -0.1) is 26.3 Å². The molecule has 6 aliphatic heterocycles. The zero-order chi connectivity index (χ0) is 66.1. The van der Waals surface area contributed by atoms with Gasteiger partial charge in [-0.1, -0.05) is 93.0 Å². The van der Waals surface area contributed by atoms with Crippen molar-refractivity contribution in [1.82, 2.24) is 63.8 Å². The van der Waals surface area contributed by atoms with Crippen LogP contribution in [0.3, 0.4) is 0 Å². The van der Waals surface area contributed by atoms with Crippen LogP contribution in [0.1, 0.15) is 146 Å². The van der Waals surface area contributed by atoms with Crippen molar-refractivity contribution in [2.24, 2.45) is 44.8 Å². The number of carbonyl (C=O) groups is 18. The fourth-order valence-electron chi connectivity index (χ4n) is 9.64. The van der Waals surface area contributed by atoms with E-state index in [-0.39, 0.29) is 43.9 Å². The Balaban J connectivity index is 0.000000520. The van der Waals surface area contributed by atoms with Crippen LogP contribution in [-0.2, 0) is 57.5 Å². The van der Waals surface area contributed by atoms with Crippen molar-refractivity contribution >= 4 is 107 Å². The molecular formula is C56H80N12O18. The number of allylic oxidation sites excluding steroid dienone is 4. The smallest absolute Gasteiger partial charge is 0.277 e. The lowest BCUT2D eigenvalue weighted by molar-refractivity contribution is -0.149. The van der Waals surface area contributed by atoms with Gasteiger partial charge in [-0.05, 0) is 88.4 Å². The molecule has 0 bridgehead atoms. The van der Waals surface area contributed by atoms with E-state index in [9.17, 15) is 86.3 Å². The summed E-state index contributed by atoms with van der Waals surface area (Å²) in [5.74, 6) is -5.89. The molecule has 1 atom stereocenters. The lowest BCUT2D eigenvalue weighted by Crippen LogP contribution is -2.64. The third-order valence-corrected chi connectivity index (χ3v) is 14.6. The maximum atomic E-state index is 12.0. The molecule has 0 saturated carbocycles. The Morgan fingerprint density at radius 2 is 0.628 bits per heavy atom. The summed E-state index contributed by atoms with van der Waals surface area (Å²) in [5.41, 5.74) is -5.81. The van der Waals surface area contributed by atoms with Crippen molar-refractivity contribution in [3.63, 3.8) is 0 Å². The van der Waals surface area contributed by atoms with Crippen molar-refractivity contribution in [2.75, 3.05) is 0 Å². The van der Waals surface area contributed by atoms with Gasteiger partial charge < -0.3 is 0 Å². The summed E-state index contributed by atoms with van der Waals surface area (Å²) in [6.45, 7) is 31.1. The first-order chi connectivity index (χ1) is 40.1. The number of barbiturate groups is 6. The van der Waals surface area contributed by atoms with E-state index in [1.54, 1.807) is 26.8 Å². The Morgan fingerprint density at radius 1 is 0.349 bits per heavy atom. The molecular weight excluding hydrogens is 1130 g/mol. The summed E-state index contributed by atoms with van der Waals surface area (Å²) in [5, 5.41) is 25.0. The number of imide groups is 12. The average molecular weight is 1210 g/mol.